The van der Waals surface area contributed by atoms with E-state index in [4.69, 9.17) is 14.5 Å². The molecule has 0 unspecified atom stereocenters. The number of pyridine rings is 1. The summed E-state index contributed by atoms with van der Waals surface area (Å²) >= 11 is 0. The molecule has 0 saturated heterocycles. The number of fused-ring (bicyclic) bond motifs is 2. The van der Waals surface area contributed by atoms with Crippen molar-refractivity contribution in [1.29, 1.82) is 0 Å². The van der Waals surface area contributed by atoms with Gasteiger partial charge in [0.1, 0.15) is 11.9 Å². The van der Waals surface area contributed by atoms with Gasteiger partial charge in [-0.1, -0.05) is 0 Å². The molecule has 0 atom stereocenters. The molecule has 188 valence electrons. The summed E-state index contributed by atoms with van der Waals surface area (Å²) in [6.45, 7) is 0. The molecule has 0 aliphatic heterocycles. The lowest BCUT2D eigenvalue weighted by molar-refractivity contribution is 0.0383. The lowest BCUT2D eigenvalue weighted by atomic mass is 9.69. The van der Waals surface area contributed by atoms with E-state index in [0.717, 1.165) is 35.8 Å². The molecule has 0 spiro atoms. The van der Waals surface area contributed by atoms with Gasteiger partial charge in [0.2, 0.25) is 5.95 Å². The molecule has 2 heterocycles. The minimum Gasteiger partial charge on any atom is -0.493 e. The summed E-state index contributed by atoms with van der Waals surface area (Å²) in [4.78, 5) is 16.1. The first-order valence-corrected chi connectivity index (χ1v) is 12.9. The van der Waals surface area contributed by atoms with Crippen LogP contribution in [-0.2, 0) is 0 Å². The number of aromatic nitrogens is 3. The molecule has 0 radical (unpaired) electrons. The number of nitrogens with one attached hydrogen (secondary N) is 2. The summed E-state index contributed by atoms with van der Waals surface area (Å²) in [6, 6.07) is 10.6. The third-order valence-electron chi connectivity index (χ3n) is 7.94. The van der Waals surface area contributed by atoms with Crippen LogP contribution in [0.4, 0.5) is 23.1 Å². The van der Waals surface area contributed by atoms with Crippen molar-refractivity contribution in [3.63, 3.8) is 0 Å². The maximum absolute atomic E-state index is 6.17. The van der Waals surface area contributed by atoms with Crippen molar-refractivity contribution in [3.05, 3.63) is 54.0 Å². The quantitative estimate of drug-likeness (QED) is 0.426. The van der Waals surface area contributed by atoms with Crippen molar-refractivity contribution >= 4 is 23.1 Å². The van der Waals surface area contributed by atoms with Crippen LogP contribution in [0.1, 0.15) is 61.6 Å². The first-order chi connectivity index (χ1) is 17.6. The normalized spacial score (nSPS) is 24.1. The van der Waals surface area contributed by atoms with Gasteiger partial charge in [0.15, 0.2) is 11.5 Å². The maximum atomic E-state index is 6.17. The summed E-state index contributed by atoms with van der Waals surface area (Å²) in [5, 5.41) is 6.70. The van der Waals surface area contributed by atoms with E-state index < -0.39 is 0 Å². The van der Waals surface area contributed by atoms with E-state index in [9.17, 15) is 0 Å². The maximum Gasteiger partial charge on any atom is 0.229 e. The first-order valence-electron chi connectivity index (χ1n) is 12.9. The molecule has 36 heavy (non-hydrogen) atoms. The van der Waals surface area contributed by atoms with E-state index >= 15 is 0 Å². The van der Waals surface area contributed by atoms with Gasteiger partial charge in [-0.05, 0) is 88.4 Å². The number of hydrogen-bond acceptors (Lipinski definition) is 8. The van der Waals surface area contributed by atoms with Crippen molar-refractivity contribution in [2.45, 2.75) is 62.5 Å². The number of methoxy groups -OCH3 is 1. The van der Waals surface area contributed by atoms with Gasteiger partial charge in [-0.15, -0.1) is 0 Å². The van der Waals surface area contributed by atoms with Crippen LogP contribution in [0.15, 0.2) is 42.7 Å². The summed E-state index contributed by atoms with van der Waals surface area (Å²) in [7, 11) is 5.89. The van der Waals surface area contributed by atoms with Gasteiger partial charge in [0.25, 0.3) is 0 Å². The largest absolute Gasteiger partial charge is 0.493 e. The Morgan fingerprint density at radius 1 is 0.889 bits per heavy atom. The highest BCUT2D eigenvalue weighted by Crippen LogP contribution is 2.49. The van der Waals surface area contributed by atoms with Crippen molar-refractivity contribution in [2.24, 2.45) is 0 Å². The SMILES string of the molecule is COc1cc(Nc2nccc(Nc3cnc4c(c3)C3CCC4CC3)n2)ccc1OC1CC(N(C)C)C1. The number of hydrogen-bond donors (Lipinski definition) is 2. The Bertz CT molecular complexity index is 1230. The minimum absolute atomic E-state index is 0.226. The zero-order valence-corrected chi connectivity index (χ0v) is 21.2. The van der Waals surface area contributed by atoms with Gasteiger partial charge in [-0.2, -0.15) is 4.98 Å². The van der Waals surface area contributed by atoms with Gasteiger partial charge >= 0.3 is 0 Å². The fourth-order valence-corrected chi connectivity index (χ4v) is 5.75. The highest BCUT2D eigenvalue weighted by Gasteiger charge is 2.34. The molecule has 2 fully saturated rings. The van der Waals surface area contributed by atoms with Gasteiger partial charge in [-0.25, -0.2) is 4.98 Å². The van der Waals surface area contributed by atoms with Gasteiger partial charge in [-0.3, -0.25) is 4.98 Å². The third-order valence-corrected chi connectivity index (χ3v) is 7.94. The van der Waals surface area contributed by atoms with Crippen molar-refractivity contribution in [3.8, 4) is 11.5 Å². The molecular formula is C28H34N6O2. The predicted octanol–water partition coefficient (Wildman–Crippen LogP) is 5.59. The average molecular weight is 487 g/mol. The van der Waals surface area contributed by atoms with Crippen LogP contribution < -0.4 is 20.1 Å². The topological polar surface area (TPSA) is 84.4 Å². The average Bonchev–Trinajstić information content (AvgIpc) is 2.87. The second kappa shape index (κ2) is 9.58. The standard InChI is InChI=1S/C28H34N6O2/c1-34(2)21-14-22(15-21)36-24-9-8-19(13-25(24)35-3)32-28-29-11-10-26(33-28)31-20-12-23-17-4-6-18(7-5-17)27(23)30-16-20/h8-13,16-18,21-22H,4-7,14-15H2,1-3H3,(H2,29,31,32,33). The number of ether oxygens (including phenoxy) is 2. The summed E-state index contributed by atoms with van der Waals surface area (Å²) in [6.07, 6.45) is 11.1. The number of anilines is 4. The van der Waals surface area contributed by atoms with Crippen LogP contribution in [-0.4, -0.2) is 53.2 Å². The van der Waals surface area contributed by atoms with Crippen molar-refractivity contribution < 1.29 is 9.47 Å². The zero-order chi connectivity index (χ0) is 24.6. The summed E-state index contributed by atoms with van der Waals surface area (Å²) in [5.74, 6) is 3.98. The number of rotatable bonds is 8. The third kappa shape index (κ3) is 4.57. The monoisotopic (exact) mass is 486 g/mol. The Labute approximate surface area is 212 Å². The second-order valence-electron chi connectivity index (χ2n) is 10.5. The van der Waals surface area contributed by atoms with E-state index in [-0.39, 0.29) is 6.10 Å². The molecule has 3 aromatic rings. The van der Waals surface area contributed by atoms with Gasteiger partial charge in [0, 0.05) is 35.6 Å². The molecule has 4 aliphatic carbocycles. The Kier molecular flexibility index (Phi) is 6.13. The lowest BCUT2D eigenvalue weighted by Gasteiger charge is -2.39. The zero-order valence-electron chi connectivity index (χ0n) is 21.2. The molecule has 4 aliphatic rings. The Balaban J connectivity index is 1.13. The molecule has 2 saturated carbocycles. The molecular weight excluding hydrogens is 452 g/mol. The molecule has 7 rings (SSSR count). The molecule has 0 amide bonds. The molecule has 2 N–H and O–H groups in total. The smallest absolute Gasteiger partial charge is 0.229 e. The fourth-order valence-electron chi connectivity index (χ4n) is 5.75. The fraction of sp³-hybridized carbons (Fsp3) is 0.464. The van der Waals surface area contributed by atoms with Crippen molar-refractivity contribution in [2.75, 3.05) is 31.8 Å². The Morgan fingerprint density at radius 3 is 2.47 bits per heavy atom. The highest BCUT2D eigenvalue weighted by molar-refractivity contribution is 5.62. The highest BCUT2D eigenvalue weighted by atomic mass is 16.5. The van der Waals surface area contributed by atoms with E-state index in [1.54, 1.807) is 13.3 Å². The van der Waals surface area contributed by atoms with Crippen LogP contribution in [0.25, 0.3) is 0 Å². The minimum atomic E-state index is 0.226. The van der Waals surface area contributed by atoms with Gasteiger partial charge < -0.3 is 25.0 Å². The van der Waals surface area contributed by atoms with Gasteiger partial charge in [0.05, 0.1) is 19.0 Å². The molecule has 8 heteroatoms. The van der Waals surface area contributed by atoms with Crippen LogP contribution >= 0.6 is 0 Å². The van der Waals surface area contributed by atoms with Crippen LogP contribution in [0, 0.1) is 0 Å². The molecule has 2 aromatic heterocycles. The predicted molar refractivity (Wildman–Crippen MR) is 141 cm³/mol. The van der Waals surface area contributed by atoms with E-state index in [1.807, 2.05) is 30.5 Å². The Hall–Kier alpha value is -3.39. The lowest BCUT2D eigenvalue weighted by Crippen LogP contribution is -2.46. The van der Waals surface area contributed by atoms with Crippen molar-refractivity contribution in [1.82, 2.24) is 19.9 Å². The second-order valence-corrected chi connectivity index (χ2v) is 10.5. The summed E-state index contributed by atoms with van der Waals surface area (Å²) in [5.41, 5.74) is 4.54. The molecule has 8 nitrogen and oxygen atoms in total. The van der Waals surface area contributed by atoms with E-state index in [0.29, 0.717) is 29.6 Å². The van der Waals surface area contributed by atoms with E-state index in [1.165, 1.54) is 36.9 Å². The number of benzene rings is 1. The molecule has 1 aromatic carbocycles. The van der Waals surface area contributed by atoms with E-state index in [2.05, 4.69) is 45.7 Å². The number of nitrogens with zero attached hydrogens (tertiary/aromatic N) is 4. The Morgan fingerprint density at radius 2 is 1.69 bits per heavy atom. The van der Waals surface area contributed by atoms with Crippen LogP contribution in [0.3, 0.4) is 0 Å². The van der Waals surface area contributed by atoms with Crippen LogP contribution in [0.2, 0.25) is 0 Å². The summed E-state index contributed by atoms with van der Waals surface area (Å²) < 4.78 is 11.8. The molecule has 2 bridgehead atoms. The van der Waals surface area contributed by atoms with Crippen LogP contribution in [0.5, 0.6) is 11.5 Å². The first kappa shape index (κ1) is 23.0.